The van der Waals surface area contributed by atoms with Crippen molar-refractivity contribution in [3.05, 3.63) is 23.8 Å². The Labute approximate surface area is 149 Å². The SMILES string of the molecule is COc1cc(CN2C[C@@H](OC)C[C@H]2C(=O)N2CCCC2)cc(OC)c1. The first-order valence-corrected chi connectivity index (χ1v) is 8.92. The Balaban J connectivity index is 1.77. The highest BCUT2D eigenvalue weighted by molar-refractivity contribution is 5.82. The van der Waals surface area contributed by atoms with Gasteiger partial charge in [0.05, 0.1) is 26.4 Å². The Bertz CT molecular complexity index is 579. The Morgan fingerprint density at radius 1 is 1.08 bits per heavy atom. The van der Waals surface area contributed by atoms with E-state index in [-0.39, 0.29) is 18.1 Å². The predicted molar refractivity (Wildman–Crippen MR) is 95.0 cm³/mol. The molecule has 6 nitrogen and oxygen atoms in total. The summed E-state index contributed by atoms with van der Waals surface area (Å²) in [5.41, 5.74) is 1.08. The van der Waals surface area contributed by atoms with Crippen molar-refractivity contribution >= 4 is 5.91 Å². The summed E-state index contributed by atoms with van der Waals surface area (Å²) in [7, 11) is 5.02. The van der Waals surface area contributed by atoms with Crippen LogP contribution >= 0.6 is 0 Å². The van der Waals surface area contributed by atoms with Crippen LogP contribution in [0.1, 0.15) is 24.8 Å². The number of benzene rings is 1. The summed E-state index contributed by atoms with van der Waals surface area (Å²) >= 11 is 0. The molecule has 0 bridgehead atoms. The number of carbonyl (C=O) groups is 1. The van der Waals surface area contributed by atoms with Crippen LogP contribution in [0.25, 0.3) is 0 Å². The maximum Gasteiger partial charge on any atom is 0.240 e. The number of ether oxygens (including phenoxy) is 3. The van der Waals surface area contributed by atoms with E-state index in [0.29, 0.717) is 6.54 Å². The molecule has 3 rings (SSSR count). The predicted octanol–water partition coefficient (Wildman–Crippen LogP) is 1.92. The number of hydrogen-bond donors (Lipinski definition) is 0. The first-order valence-electron chi connectivity index (χ1n) is 8.92. The van der Waals surface area contributed by atoms with Crippen molar-refractivity contribution in [3.63, 3.8) is 0 Å². The molecule has 1 aromatic rings. The third kappa shape index (κ3) is 4.07. The molecular weight excluding hydrogens is 320 g/mol. The lowest BCUT2D eigenvalue weighted by molar-refractivity contribution is -0.135. The number of nitrogens with zero attached hydrogens (tertiary/aromatic N) is 2. The zero-order valence-corrected chi connectivity index (χ0v) is 15.4. The molecule has 0 aliphatic carbocycles. The second-order valence-electron chi connectivity index (χ2n) is 6.79. The highest BCUT2D eigenvalue weighted by Crippen LogP contribution is 2.28. The topological polar surface area (TPSA) is 51.2 Å². The van der Waals surface area contributed by atoms with E-state index in [1.165, 1.54) is 0 Å². The van der Waals surface area contributed by atoms with Crippen LogP contribution < -0.4 is 9.47 Å². The second kappa shape index (κ2) is 8.06. The van der Waals surface area contributed by atoms with Gasteiger partial charge in [-0.3, -0.25) is 9.69 Å². The molecule has 0 unspecified atom stereocenters. The highest BCUT2D eigenvalue weighted by Gasteiger charge is 2.39. The molecule has 0 radical (unpaired) electrons. The normalized spacial score (nSPS) is 23.9. The van der Waals surface area contributed by atoms with Crippen LogP contribution in [0.15, 0.2) is 18.2 Å². The van der Waals surface area contributed by atoms with Gasteiger partial charge in [0, 0.05) is 39.4 Å². The van der Waals surface area contributed by atoms with Gasteiger partial charge in [0.1, 0.15) is 11.5 Å². The van der Waals surface area contributed by atoms with Crippen molar-refractivity contribution in [1.82, 2.24) is 9.80 Å². The van der Waals surface area contributed by atoms with Gasteiger partial charge < -0.3 is 19.1 Å². The van der Waals surface area contributed by atoms with Gasteiger partial charge in [-0.1, -0.05) is 0 Å². The number of amides is 1. The summed E-state index contributed by atoms with van der Waals surface area (Å²) in [4.78, 5) is 17.2. The van der Waals surface area contributed by atoms with E-state index in [4.69, 9.17) is 14.2 Å². The standard InChI is InChI=1S/C19H28N2O4/c1-23-15-8-14(9-16(10-15)24-2)12-21-13-17(25-3)11-18(21)19(22)20-6-4-5-7-20/h8-10,17-18H,4-7,11-13H2,1-3H3/t17-,18-/m0/s1. The van der Waals surface area contributed by atoms with E-state index < -0.39 is 0 Å². The smallest absolute Gasteiger partial charge is 0.240 e. The molecule has 0 spiro atoms. The molecule has 1 aromatic carbocycles. The van der Waals surface area contributed by atoms with Crippen molar-refractivity contribution in [1.29, 1.82) is 0 Å². The summed E-state index contributed by atoms with van der Waals surface area (Å²) in [5, 5.41) is 0. The van der Waals surface area contributed by atoms with Gasteiger partial charge in [-0.15, -0.1) is 0 Å². The van der Waals surface area contributed by atoms with E-state index in [1.807, 2.05) is 23.1 Å². The maximum atomic E-state index is 12.9. The molecule has 0 aromatic heterocycles. The highest BCUT2D eigenvalue weighted by atomic mass is 16.5. The number of hydrogen-bond acceptors (Lipinski definition) is 5. The minimum atomic E-state index is -0.111. The molecule has 2 aliphatic heterocycles. The largest absolute Gasteiger partial charge is 0.497 e. The number of rotatable bonds is 6. The van der Waals surface area contributed by atoms with E-state index in [2.05, 4.69) is 4.90 Å². The molecular formula is C19H28N2O4. The molecule has 0 saturated carbocycles. The van der Waals surface area contributed by atoms with Crippen LogP contribution in [0, 0.1) is 0 Å². The Morgan fingerprint density at radius 3 is 2.28 bits per heavy atom. The van der Waals surface area contributed by atoms with Gasteiger partial charge in [-0.05, 0) is 37.0 Å². The summed E-state index contributed by atoms with van der Waals surface area (Å²) in [5.74, 6) is 1.77. The van der Waals surface area contributed by atoms with Crippen molar-refractivity contribution in [2.24, 2.45) is 0 Å². The van der Waals surface area contributed by atoms with Crippen LogP contribution in [-0.2, 0) is 16.1 Å². The Morgan fingerprint density at radius 2 is 1.72 bits per heavy atom. The second-order valence-corrected chi connectivity index (χ2v) is 6.79. The fraction of sp³-hybridized carbons (Fsp3) is 0.632. The van der Waals surface area contributed by atoms with Crippen LogP contribution in [0.5, 0.6) is 11.5 Å². The van der Waals surface area contributed by atoms with Crippen molar-refractivity contribution in [3.8, 4) is 11.5 Å². The minimum absolute atomic E-state index is 0.101. The summed E-state index contributed by atoms with van der Waals surface area (Å²) in [6, 6.07) is 5.75. The quantitative estimate of drug-likeness (QED) is 0.786. The third-order valence-electron chi connectivity index (χ3n) is 5.20. The number of methoxy groups -OCH3 is 3. The molecule has 0 N–H and O–H groups in total. The van der Waals surface area contributed by atoms with Gasteiger partial charge in [0.15, 0.2) is 0 Å². The van der Waals surface area contributed by atoms with Gasteiger partial charge >= 0.3 is 0 Å². The van der Waals surface area contributed by atoms with Gasteiger partial charge in [-0.25, -0.2) is 0 Å². The fourth-order valence-corrected chi connectivity index (χ4v) is 3.80. The van der Waals surface area contributed by atoms with Crippen molar-refractivity contribution in [2.75, 3.05) is 41.0 Å². The minimum Gasteiger partial charge on any atom is -0.497 e. The molecule has 6 heteroatoms. The van der Waals surface area contributed by atoms with E-state index in [9.17, 15) is 4.79 Å². The maximum absolute atomic E-state index is 12.9. The van der Waals surface area contributed by atoms with Gasteiger partial charge in [-0.2, -0.15) is 0 Å². The lowest BCUT2D eigenvalue weighted by Crippen LogP contribution is -2.44. The monoisotopic (exact) mass is 348 g/mol. The lowest BCUT2D eigenvalue weighted by atomic mass is 10.1. The molecule has 138 valence electrons. The van der Waals surface area contributed by atoms with Crippen molar-refractivity contribution < 1.29 is 19.0 Å². The average molecular weight is 348 g/mol. The molecule has 2 saturated heterocycles. The molecule has 2 fully saturated rings. The zero-order valence-electron chi connectivity index (χ0n) is 15.4. The van der Waals surface area contributed by atoms with E-state index >= 15 is 0 Å². The van der Waals surface area contributed by atoms with Crippen LogP contribution in [0.3, 0.4) is 0 Å². The third-order valence-corrected chi connectivity index (χ3v) is 5.20. The van der Waals surface area contributed by atoms with Crippen LogP contribution in [-0.4, -0.2) is 68.8 Å². The first-order chi connectivity index (χ1) is 12.1. The lowest BCUT2D eigenvalue weighted by Gasteiger charge is -2.27. The molecule has 2 aliphatic rings. The van der Waals surface area contributed by atoms with E-state index in [0.717, 1.165) is 56.0 Å². The van der Waals surface area contributed by atoms with E-state index in [1.54, 1.807) is 21.3 Å². The first kappa shape index (κ1) is 18.0. The van der Waals surface area contributed by atoms with Crippen molar-refractivity contribution in [2.45, 2.75) is 38.0 Å². The van der Waals surface area contributed by atoms with Crippen LogP contribution in [0.2, 0.25) is 0 Å². The summed E-state index contributed by atoms with van der Waals surface area (Å²) in [6.07, 6.45) is 3.08. The summed E-state index contributed by atoms with van der Waals surface area (Å²) < 4.78 is 16.3. The molecule has 1 amide bonds. The van der Waals surface area contributed by atoms with Gasteiger partial charge in [0.25, 0.3) is 0 Å². The van der Waals surface area contributed by atoms with Gasteiger partial charge in [0.2, 0.25) is 5.91 Å². The number of likely N-dealkylation sites (tertiary alicyclic amines) is 2. The zero-order chi connectivity index (χ0) is 17.8. The van der Waals surface area contributed by atoms with Crippen LogP contribution in [0.4, 0.5) is 0 Å². The number of carbonyl (C=O) groups excluding carboxylic acids is 1. The Kier molecular flexibility index (Phi) is 5.81. The Hall–Kier alpha value is -1.79. The molecule has 2 atom stereocenters. The average Bonchev–Trinajstić information content (AvgIpc) is 3.30. The molecule has 2 heterocycles. The molecule has 25 heavy (non-hydrogen) atoms. The summed E-state index contributed by atoms with van der Waals surface area (Å²) in [6.45, 7) is 3.21. The fourth-order valence-electron chi connectivity index (χ4n) is 3.80.